The summed E-state index contributed by atoms with van der Waals surface area (Å²) in [6.45, 7) is 4.74. The topological polar surface area (TPSA) is 9.86 Å². The standard InChI is InChI=1S/C54H35NSe.C51H35NSe/c1-3-14-36(15-4-1)38-18-11-19-39(30-38)42-31-43(33-44(32-42)46-24-13-25-49-48-23-8-10-27-53(48)56-54(46)49)41-28-29-52-50(35-41)47-22-7-9-26-51(47)55(52)45-21-12-20-40(34-45)37-16-5-2-6-17-37;1-51(2)45-20-9-6-15-39(45)40-25-23-33(31-46(40)51)35-27-34(28-36(29-35)38-18-12-19-43-42-17-8-11-22-49(42)53-50(38)43)32-24-26-48-44(30-32)41-16-7-10-21-47(41)52(48)37-13-4-3-5-14-37/h1-35H;3-31H,1-2H3. The number of aromatic nitrogens is 2. The maximum absolute atomic E-state index is 2.46. The second-order valence-electron chi connectivity index (χ2n) is 29.5. The van der Waals surface area contributed by atoms with Gasteiger partial charge in [0, 0.05) is 0 Å². The fourth-order valence-electron chi connectivity index (χ4n) is 17.5. The van der Waals surface area contributed by atoms with Gasteiger partial charge >= 0.3 is 579 Å². The van der Waals surface area contributed by atoms with Crippen molar-refractivity contribution in [1.82, 2.24) is 9.13 Å². The molecule has 4 heteroatoms. The number of rotatable bonds is 10. The molecule has 22 rings (SSSR count). The normalized spacial score (nSPS) is 12.4. The molecule has 17 aromatic carbocycles. The summed E-state index contributed by atoms with van der Waals surface area (Å²) in [5, 5.41) is 10.6. The van der Waals surface area contributed by atoms with Crippen molar-refractivity contribution < 1.29 is 0 Å². The summed E-state index contributed by atoms with van der Waals surface area (Å²) in [5.74, 6) is 0. The van der Waals surface area contributed by atoms with E-state index in [1.54, 1.807) is 0 Å². The molecule has 0 aliphatic heterocycles. The Balaban J connectivity index is 0.000000139. The molecule has 0 spiro atoms. The number of para-hydroxylation sites is 3. The van der Waals surface area contributed by atoms with Crippen molar-refractivity contribution in [1.29, 1.82) is 0 Å². The maximum atomic E-state index is 2.46. The predicted molar refractivity (Wildman–Crippen MR) is 467 cm³/mol. The number of hydrogen-bond acceptors (Lipinski definition) is 0. The summed E-state index contributed by atoms with van der Waals surface area (Å²) < 4.78 is 10.7. The first-order chi connectivity index (χ1) is 53.8. The van der Waals surface area contributed by atoms with Gasteiger partial charge in [-0.25, -0.2) is 0 Å². The average molecular weight is 1520 g/mol. The summed E-state index contributed by atoms with van der Waals surface area (Å²) in [6, 6.07) is 144. The number of fused-ring (bicyclic) bond motifs is 15. The van der Waals surface area contributed by atoms with Gasteiger partial charge in [-0.3, -0.25) is 0 Å². The minimum atomic E-state index is -0.0606. The number of benzene rings is 17. The van der Waals surface area contributed by atoms with Crippen LogP contribution in [-0.2, 0) is 5.41 Å². The molecule has 0 atom stereocenters. The molecular formula is C105H70N2Se2. The minimum absolute atomic E-state index is 0.0606. The molecule has 1 aliphatic rings. The van der Waals surface area contributed by atoms with Crippen LogP contribution in [-0.4, -0.2) is 38.1 Å². The van der Waals surface area contributed by atoms with Crippen LogP contribution in [0, 0.1) is 0 Å². The monoisotopic (exact) mass is 1520 g/mol. The Bertz CT molecular complexity index is 7190. The van der Waals surface area contributed by atoms with Gasteiger partial charge in [0.25, 0.3) is 0 Å². The number of nitrogens with zero attached hydrogens (tertiary/aromatic N) is 2. The molecule has 0 saturated carbocycles. The van der Waals surface area contributed by atoms with Gasteiger partial charge in [-0.2, -0.15) is 0 Å². The summed E-state index contributed by atoms with van der Waals surface area (Å²) >= 11 is 0.491. The molecule has 512 valence electrons. The molecule has 2 nitrogen and oxygen atoms in total. The zero-order valence-corrected chi connectivity index (χ0v) is 63.6. The molecule has 0 radical (unpaired) electrons. The van der Waals surface area contributed by atoms with Crippen LogP contribution < -0.4 is 0 Å². The van der Waals surface area contributed by atoms with E-state index in [4.69, 9.17) is 0 Å². The average Bonchev–Trinajstić information content (AvgIpc) is 1.49. The zero-order chi connectivity index (χ0) is 72.3. The van der Waals surface area contributed by atoms with Crippen molar-refractivity contribution in [2.24, 2.45) is 0 Å². The van der Waals surface area contributed by atoms with Crippen LogP contribution in [0.25, 0.3) is 194 Å². The van der Waals surface area contributed by atoms with E-state index < -0.39 is 0 Å². The van der Waals surface area contributed by atoms with Crippen LogP contribution in [0.1, 0.15) is 25.0 Å². The summed E-state index contributed by atoms with van der Waals surface area (Å²) in [6.07, 6.45) is 0. The molecule has 0 amide bonds. The molecule has 0 unspecified atom stereocenters. The molecule has 4 heterocycles. The number of hydrogen-bond donors (Lipinski definition) is 0. The van der Waals surface area contributed by atoms with Gasteiger partial charge in [0.15, 0.2) is 0 Å². The van der Waals surface area contributed by atoms with Crippen molar-refractivity contribution in [2.75, 3.05) is 0 Å². The van der Waals surface area contributed by atoms with Gasteiger partial charge in [0.1, 0.15) is 0 Å². The fraction of sp³-hybridized carbons (Fsp3) is 0.0286. The van der Waals surface area contributed by atoms with Crippen molar-refractivity contribution in [3.8, 4) is 112 Å². The van der Waals surface area contributed by atoms with Crippen LogP contribution in [0.5, 0.6) is 0 Å². The van der Waals surface area contributed by atoms with Gasteiger partial charge in [-0.15, -0.1) is 0 Å². The first-order valence-electron chi connectivity index (χ1n) is 37.6. The third-order valence-corrected chi connectivity index (χ3v) is 27.9. The Hall–Kier alpha value is -12.6. The Morgan fingerprint density at radius 3 is 1.08 bits per heavy atom. The van der Waals surface area contributed by atoms with E-state index in [1.165, 1.54) is 199 Å². The van der Waals surface area contributed by atoms with Crippen molar-refractivity contribution in [3.05, 3.63) is 399 Å². The quantitative estimate of drug-likeness (QED) is 0.121. The fourth-order valence-corrected chi connectivity index (χ4v) is 22.7. The molecule has 21 aromatic rings. The van der Waals surface area contributed by atoms with E-state index in [2.05, 4.69) is 411 Å². The van der Waals surface area contributed by atoms with Crippen molar-refractivity contribution in [2.45, 2.75) is 19.3 Å². The Labute approximate surface area is 645 Å². The molecule has 4 aromatic heterocycles. The Morgan fingerprint density at radius 2 is 0.532 bits per heavy atom. The molecule has 0 saturated heterocycles. The van der Waals surface area contributed by atoms with E-state index in [0.717, 1.165) is 5.69 Å². The third-order valence-electron chi connectivity index (χ3n) is 22.8. The van der Waals surface area contributed by atoms with Crippen molar-refractivity contribution in [3.63, 3.8) is 0 Å². The van der Waals surface area contributed by atoms with Crippen molar-refractivity contribution >= 4 is 111 Å². The molecule has 1 aliphatic carbocycles. The molecular weight excluding hydrogens is 1450 g/mol. The van der Waals surface area contributed by atoms with Gasteiger partial charge < -0.3 is 0 Å². The van der Waals surface area contributed by atoms with Gasteiger partial charge in [0.2, 0.25) is 0 Å². The summed E-state index contributed by atoms with van der Waals surface area (Å²) in [5.41, 5.74) is 32.6. The van der Waals surface area contributed by atoms with E-state index in [0.29, 0.717) is 0 Å². The zero-order valence-electron chi connectivity index (χ0n) is 60.2. The summed E-state index contributed by atoms with van der Waals surface area (Å²) in [7, 11) is 0. The van der Waals surface area contributed by atoms with Crippen LogP contribution in [0.4, 0.5) is 0 Å². The SMILES string of the molecule is CC1(C)c2ccccc2-c2ccc(-c3cc(-c4ccc5c(c4)c4ccccc4n5-c4ccccc4)cc(-c4cccc5c4[se]c4ccccc45)c3)cc21.c1ccc(-c2cccc(-c3cc(-c4ccc5c(c4)c4ccccc4n5-c4cccc(-c5ccccc5)c4)cc(-c4cccc5c4[se]c4ccccc45)c3)c2)cc1. The van der Waals surface area contributed by atoms with E-state index in [-0.39, 0.29) is 34.4 Å². The third kappa shape index (κ3) is 11.1. The van der Waals surface area contributed by atoms with Crippen LogP contribution >= 0.6 is 0 Å². The molecule has 0 fully saturated rings. The van der Waals surface area contributed by atoms with Crippen LogP contribution in [0.2, 0.25) is 0 Å². The van der Waals surface area contributed by atoms with Crippen LogP contribution in [0.3, 0.4) is 0 Å². The van der Waals surface area contributed by atoms with Gasteiger partial charge in [-0.05, 0) is 11.1 Å². The summed E-state index contributed by atoms with van der Waals surface area (Å²) in [4.78, 5) is 0. The molecule has 0 bridgehead atoms. The van der Waals surface area contributed by atoms with Gasteiger partial charge in [0.05, 0.1) is 0 Å². The Morgan fingerprint density at radius 1 is 0.193 bits per heavy atom. The van der Waals surface area contributed by atoms with Crippen LogP contribution in [0.15, 0.2) is 388 Å². The Kier molecular flexibility index (Phi) is 15.7. The molecule has 0 N–H and O–H groups in total. The van der Waals surface area contributed by atoms with E-state index in [9.17, 15) is 0 Å². The second-order valence-corrected chi connectivity index (χ2v) is 33.9. The van der Waals surface area contributed by atoms with Gasteiger partial charge in [-0.1, -0.05) is 60.7 Å². The first kappa shape index (κ1) is 64.7. The van der Waals surface area contributed by atoms with E-state index >= 15 is 0 Å². The van der Waals surface area contributed by atoms with E-state index in [1.807, 2.05) is 0 Å². The predicted octanol–water partition coefficient (Wildman–Crippen LogP) is 27.9. The first-order valence-corrected chi connectivity index (χ1v) is 41.0. The molecule has 109 heavy (non-hydrogen) atoms. The second kappa shape index (κ2) is 26.4.